The average molecular weight is 472 g/mol. The fourth-order valence-electron chi connectivity index (χ4n) is 2.88. The first-order valence-corrected chi connectivity index (χ1v) is 10.5. The van der Waals surface area contributed by atoms with Gasteiger partial charge in [-0.3, -0.25) is 9.59 Å². The van der Waals surface area contributed by atoms with E-state index in [2.05, 4.69) is 25.7 Å². The molecular formula is C21H15F3N6O2S. The van der Waals surface area contributed by atoms with Gasteiger partial charge in [0.2, 0.25) is 11.8 Å². The number of rotatable bonds is 7. The molecule has 168 valence electrons. The second-order valence-corrected chi connectivity index (χ2v) is 7.61. The third-order valence-corrected chi connectivity index (χ3v) is 5.43. The number of fused-ring (bicyclic) bond motifs is 1. The number of thioether (sulfide) groups is 1. The Kier molecular flexibility index (Phi) is 6.54. The largest absolute Gasteiger partial charge is 0.346 e. The van der Waals surface area contributed by atoms with E-state index in [-0.39, 0.29) is 5.75 Å². The van der Waals surface area contributed by atoms with Crippen LogP contribution in [0.4, 0.5) is 18.9 Å². The van der Waals surface area contributed by atoms with E-state index in [9.17, 15) is 22.8 Å². The maximum atomic E-state index is 13.6. The van der Waals surface area contributed by atoms with Gasteiger partial charge < -0.3 is 10.6 Å². The van der Waals surface area contributed by atoms with E-state index in [0.717, 1.165) is 23.5 Å². The van der Waals surface area contributed by atoms with Crippen LogP contribution in [-0.4, -0.2) is 43.9 Å². The standard InChI is InChI=1S/C21H15F3N6O2S/c22-14-6-7-15(19(24)18(14)23)29-16(31)9-25-17(32)10-33-21-13-8-28-30(20(13)26-11-27-21)12-4-2-1-3-5-12/h1-8,11H,9-10H2,(H,25,32)(H,29,31). The van der Waals surface area contributed by atoms with Crippen LogP contribution in [0.2, 0.25) is 0 Å². The number of halogens is 3. The van der Waals surface area contributed by atoms with Crippen molar-refractivity contribution in [3.05, 3.63) is 72.4 Å². The number of nitrogens with one attached hydrogen (secondary N) is 2. The minimum atomic E-state index is -1.69. The molecule has 2 aromatic carbocycles. The van der Waals surface area contributed by atoms with Crippen LogP contribution in [0.1, 0.15) is 0 Å². The molecule has 33 heavy (non-hydrogen) atoms. The number of carbonyl (C=O) groups is 2. The van der Waals surface area contributed by atoms with Gasteiger partial charge in [-0.05, 0) is 24.3 Å². The minimum absolute atomic E-state index is 0.0601. The van der Waals surface area contributed by atoms with E-state index >= 15 is 0 Å². The molecule has 0 aliphatic rings. The summed E-state index contributed by atoms with van der Waals surface area (Å²) in [5.41, 5.74) is 0.872. The van der Waals surface area contributed by atoms with Gasteiger partial charge in [0, 0.05) is 0 Å². The van der Waals surface area contributed by atoms with Crippen molar-refractivity contribution in [2.45, 2.75) is 5.03 Å². The lowest BCUT2D eigenvalue weighted by Crippen LogP contribution is -2.34. The third-order valence-electron chi connectivity index (χ3n) is 4.43. The van der Waals surface area contributed by atoms with Gasteiger partial charge in [0.25, 0.3) is 0 Å². The van der Waals surface area contributed by atoms with Crippen LogP contribution in [0.25, 0.3) is 16.7 Å². The van der Waals surface area contributed by atoms with Crippen LogP contribution in [-0.2, 0) is 9.59 Å². The Hall–Kier alpha value is -3.93. The molecule has 4 aromatic rings. The second-order valence-electron chi connectivity index (χ2n) is 6.64. The summed E-state index contributed by atoms with van der Waals surface area (Å²) in [5.74, 6) is -5.93. The van der Waals surface area contributed by atoms with E-state index in [1.165, 1.54) is 6.33 Å². The Morgan fingerprint density at radius 2 is 1.76 bits per heavy atom. The highest BCUT2D eigenvalue weighted by molar-refractivity contribution is 8.00. The molecule has 0 aliphatic heterocycles. The molecule has 0 bridgehead atoms. The first kappa shape index (κ1) is 22.3. The Morgan fingerprint density at radius 1 is 0.970 bits per heavy atom. The molecule has 2 amide bonds. The normalized spacial score (nSPS) is 10.9. The van der Waals surface area contributed by atoms with E-state index in [0.29, 0.717) is 22.1 Å². The zero-order valence-corrected chi connectivity index (χ0v) is 17.6. The zero-order chi connectivity index (χ0) is 23.4. The fourth-order valence-corrected chi connectivity index (χ4v) is 3.67. The molecular weight excluding hydrogens is 457 g/mol. The van der Waals surface area contributed by atoms with E-state index in [1.807, 2.05) is 30.3 Å². The van der Waals surface area contributed by atoms with Gasteiger partial charge in [-0.2, -0.15) is 5.10 Å². The number of carbonyl (C=O) groups excluding carboxylic acids is 2. The van der Waals surface area contributed by atoms with E-state index in [4.69, 9.17) is 0 Å². The molecule has 2 aromatic heterocycles. The van der Waals surface area contributed by atoms with Gasteiger partial charge in [-0.1, -0.05) is 30.0 Å². The number of aromatic nitrogens is 4. The minimum Gasteiger partial charge on any atom is -0.346 e. The maximum Gasteiger partial charge on any atom is 0.243 e. The molecule has 12 heteroatoms. The number of nitrogens with zero attached hydrogens (tertiary/aromatic N) is 4. The summed E-state index contributed by atoms with van der Waals surface area (Å²) in [6.45, 7) is -0.483. The lowest BCUT2D eigenvalue weighted by molar-refractivity contribution is -0.122. The Balaban J connectivity index is 1.34. The molecule has 2 heterocycles. The lowest BCUT2D eigenvalue weighted by atomic mass is 10.2. The van der Waals surface area contributed by atoms with Crippen molar-refractivity contribution in [2.75, 3.05) is 17.6 Å². The molecule has 0 saturated carbocycles. The third kappa shape index (κ3) is 4.95. The Morgan fingerprint density at radius 3 is 2.55 bits per heavy atom. The quantitative estimate of drug-likeness (QED) is 0.244. The smallest absolute Gasteiger partial charge is 0.243 e. The van der Waals surface area contributed by atoms with E-state index < -0.39 is 41.5 Å². The molecule has 0 spiro atoms. The fraction of sp³-hybridized carbons (Fsp3) is 0.0952. The van der Waals surface area contributed by atoms with Crippen molar-refractivity contribution in [3.63, 3.8) is 0 Å². The highest BCUT2D eigenvalue weighted by Crippen LogP contribution is 2.25. The molecule has 0 fully saturated rings. The van der Waals surface area contributed by atoms with Crippen LogP contribution >= 0.6 is 11.8 Å². The first-order chi connectivity index (χ1) is 15.9. The van der Waals surface area contributed by atoms with Crippen molar-refractivity contribution < 1.29 is 22.8 Å². The maximum absolute atomic E-state index is 13.6. The monoisotopic (exact) mass is 472 g/mol. The average Bonchev–Trinajstić information content (AvgIpc) is 3.27. The molecule has 4 rings (SSSR count). The molecule has 0 aliphatic carbocycles. The summed E-state index contributed by atoms with van der Waals surface area (Å²) in [4.78, 5) is 32.5. The van der Waals surface area contributed by atoms with Crippen molar-refractivity contribution >= 4 is 40.3 Å². The summed E-state index contributed by atoms with van der Waals surface area (Å²) in [7, 11) is 0. The summed E-state index contributed by atoms with van der Waals surface area (Å²) >= 11 is 1.13. The van der Waals surface area contributed by atoms with Gasteiger partial charge >= 0.3 is 0 Å². The predicted molar refractivity (Wildman–Crippen MR) is 115 cm³/mol. The van der Waals surface area contributed by atoms with Crippen molar-refractivity contribution in [3.8, 4) is 5.69 Å². The van der Waals surface area contributed by atoms with Crippen molar-refractivity contribution in [1.82, 2.24) is 25.1 Å². The number of benzene rings is 2. The molecule has 8 nitrogen and oxygen atoms in total. The van der Waals surface area contributed by atoms with Crippen LogP contribution in [0.3, 0.4) is 0 Å². The highest BCUT2D eigenvalue weighted by atomic mass is 32.2. The van der Waals surface area contributed by atoms with Crippen LogP contribution < -0.4 is 10.6 Å². The molecule has 0 atom stereocenters. The first-order valence-electron chi connectivity index (χ1n) is 9.51. The number of hydrogen-bond donors (Lipinski definition) is 2. The number of para-hydroxylation sites is 1. The highest BCUT2D eigenvalue weighted by Gasteiger charge is 2.16. The summed E-state index contributed by atoms with van der Waals surface area (Å²) in [6, 6.07) is 11.0. The number of amides is 2. The van der Waals surface area contributed by atoms with Crippen molar-refractivity contribution in [1.29, 1.82) is 0 Å². The topological polar surface area (TPSA) is 102 Å². The summed E-state index contributed by atoms with van der Waals surface area (Å²) < 4.78 is 41.5. The van der Waals surface area contributed by atoms with Gasteiger partial charge in [0.05, 0.1) is 35.3 Å². The van der Waals surface area contributed by atoms with Crippen LogP contribution in [0.15, 0.2) is 60.0 Å². The van der Waals surface area contributed by atoms with Gasteiger partial charge in [-0.15, -0.1) is 0 Å². The summed E-state index contributed by atoms with van der Waals surface area (Å²) in [5, 5.41) is 9.98. The predicted octanol–water partition coefficient (Wildman–Crippen LogP) is 3.08. The molecule has 0 saturated heterocycles. The second kappa shape index (κ2) is 9.69. The SMILES string of the molecule is O=C(CSc1ncnc2c1cnn2-c1ccccc1)NCC(=O)Nc1ccc(F)c(F)c1F. The lowest BCUT2D eigenvalue weighted by Gasteiger charge is -2.08. The number of hydrogen-bond acceptors (Lipinski definition) is 6. The zero-order valence-electron chi connectivity index (χ0n) is 16.8. The Labute approximate surface area is 189 Å². The number of anilines is 1. The molecule has 2 N–H and O–H groups in total. The van der Waals surface area contributed by atoms with Gasteiger partial charge in [0.15, 0.2) is 23.1 Å². The van der Waals surface area contributed by atoms with E-state index in [1.54, 1.807) is 10.9 Å². The van der Waals surface area contributed by atoms with Crippen LogP contribution in [0.5, 0.6) is 0 Å². The van der Waals surface area contributed by atoms with Crippen molar-refractivity contribution in [2.24, 2.45) is 0 Å². The Bertz CT molecular complexity index is 1330. The van der Waals surface area contributed by atoms with Gasteiger partial charge in [0.1, 0.15) is 11.4 Å². The van der Waals surface area contributed by atoms with Crippen LogP contribution in [0, 0.1) is 17.5 Å². The molecule has 0 unspecified atom stereocenters. The van der Waals surface area contributed by atoms with Gasteiger partial charge in [-0.25, -0.2) is 27.8 Å². The molecule has 0 radical (unpaired) electrons. The summed E-state index contributed by atoms with van der Waals surface area (Å²) in [6.07, 6.45) is 2.97.